The Kier molecular flexibility index (Phi) is 4.30. The van der Waals surface area contributed by atoms with Crippen LogP contribution in [0.2, 0.25) is 0 Å². The number of Topliss-reactive ketones (excluding diaryl/α,β-unsaturated/α-hetero) is 1. The monoisotopic (exact) mass is 370 g/mol. The number of rotatable bonds is 3. The van der Waals surface area contributed by atoms with Gasteiger partial charge in [-0.3, -0.25) is 4.79 Å². The van der Waals surface area contributed by atoms with Crippen molar-refractivity contribution in [1.82, 2.24) is 0 Å². The third kappa shape index (κ3) is 3.06. The number of halogens is 3. The first-order valence-electron chi connectivity index (χ1n) is 5.29. The highest BCUT2D eigenvalue weighted by atomic mass is 79.9. The van der Waals surface area contributed by atoms with Crippen LogP contribution in [-0.4, -0.2) is 5.78 Å². The second-order valence-electron chi connectivity index (χ2n) is 3.83. The molecular formula is C14H9Br2FO. The van der Waals surface area contributed by atoms with Crippen molar-refractivity contribution in [3.63, 3.8) is 0 Å². The summed E-state index contributed by atoms with van der Waals surface area (Å²) in [5.74, 6) is -0.732. The van der Waals surface area contributed by atoms with Crippen LogP contribution < -0.4 is 0 Å². The van der Waals surface area contributed by atoms with Gasteiger partial charge in [0, 0.05) is 10.9 Å². The quantitative estimate of drug-likeness (QED) is 0.710. The minimum Gasteiger partial charge on any atom is -0.294 e. The van der Waals surface area contributed by atoms with Crippen molar-refractivity contribution in [2.24, 2.45) is 0 Å². The summed E-state index contributed by atoms with van der Waals surface area (Å²) in [5, 5.41) is 0. The van der Waals surface area contributed by atoms with Crippen LogP contribution in [0.5, 0.6) is 0 Å². The Bertz CT molecular complexity index is 596. The highest BCUT2D eigenvalue weighted by Gasteiger charge is 2.14. The predicted octanol–water partition coefficient (Wildman–Crippen LogP) is 4.78. The van der Waals surface area contributed by atoms with E-state index in [4.69, 9.17) is 0 Å². The molecule has 2 rings (SSSR count). The summed E-state index contributed by atoms with van der Waals surface area (Å²) >= 11 is 6.42. The van der Waals surface area contributed by atoms with Crippen LogP contribution in [0.3, 0.4) is 0 Å². The molecule has 2 aromatic rings. The smallest absolute Gasteiger partial charge is 0.170 e. The van der Waals surface area contributed by atoms with Crippen molar-refractivity contribution in [1.29, 1.82) is 0 Å². The minimum absolute atomic E-state index is 0.115. The van der Waals surface area contributed by atoms with E-state index in [9.17, 15) is 9.18 Å². The zero-order valence-corrected chi connectivity index (χ0v) is 12.5. The van der Waals surface area contributed by atoms with Crippen LogP contribution in [-0.2, 0) is 6.42 Å². The van der Waals surface area contributed by atoms with Crippen molar-refractivity contribution < 1.29 is 9.18 Å². The Balaban J connectivity index is 2.25. The molecule has 0 amide bonds. The van der Waals surface area contributed by atoms with Crippen LogP contribution in [0.25, 0.3) is 0 Å². The first-order chi connectivity index (χ1) is 8.58. The zero-order valence-electron chi connectivity index (χ0n) is 9.29. The Morgan fingerprint density at radius 1 is 1.11 bits per heavy atom. The fraction of sp³-hybridized carbons (Fsp3) is 0.0714. The van der Waals surface area contributed by atoms with E-state index in [0.29, 0.717) is 4.47 Å². The van der Waals surface area contributed by atoms with E-state index in [1.54, 1.807) is 12.1 Å². The number of hydrogen-bond donors (Lipinski definition) is 0. The van der Waals surface area contributed by atoms with Gasteiger partial charge in [0.15, 0.2) is 5.78 Å². The molecule has 0 saturated carbocycles. The molecule has 0 bridgehead atoms. The van der Waals surface area contributed by atoms with Gasteiger partial charge in [-0.15, -0.1) is 0 Å². The highest BCUT2D eigenvalue weighted by molar-refractivity contribution is 9.10. The van der Waals surface area contributed by atoms with E-state index < -0.39 is 5.82 Å². The molecule has 0 N–H and O–H groups in total. The summed E-state index contributed by atoms with van der Waals surface area (Å²) in [6.07, 6.45) is 0.187. The molecule has 1 nitrogen and oxygen atoms in total. The summed E-state index contributed by atoms with van der Waals surface area (Å²) in [5.41, 5.74) is 0.970. The largest absolute Gasteiger partial charge is 0.294 e. The lowest BCUT2D eigenvalue weighted by molar-refractivity contribution is 0.0989. The topological polar surface area (TPSA) is 17.1 Å². The first kappa shape index (κ1) is 13.4. The standard InChI is InChI=1S/C14H9Br2FO/c15-10-4-1-3-9(7-10)8-13(18)11-5-2-6-12(16)14(11)17/h1-7H,8H2. The van der Waals surface area contributed by atoms with Crippen molar-refractivity contribution in [2.75, 3.05) is 0 Å². The lowest BCUT2D eigenvalue weighted by atomic mass is 10.0. The number of hydrogen-bond acceptors (Lipinski definition) is 1. The van der Waals surface area contributed by atoms with E-state index in [1.165, 1.54) is 6.07 Å². The minimum atomic E-state index is -0.502. The van der Waals surface area contributed by atoms with Gasteiger partial charge in [-0.25, -0.2) is 4.39 Å². The molecule has 0 aliphatic rings. The summed E-state index contributed by atoms with van der Waals surface area (Å²) in [4.78, 5) is 12.0. The van der Waals surface area contributed by atoms with Crippen LogP contribution in [0.4, 0.5) is 4.39 Å². The maximum atomic E-state index is 13.8. The van der Waals surface area contributed by atoms with Crippen LogP contribution in [0, 0.1) is 5.82 Å². The zero-order chi connectivity index (χ0) is 13.1. The third-order valence-electron chi connectivity index (χ3n) is 2.51. The first-order valence-corrected chi connectivity index (χ1v) is 6.88. The average molecular weight is 372 g/mol. The van der Waals surface area contributed by atoms with E-state index in [2.05, 4.69) is 31.9 Å². The van der Waals surface area contributed by atoms with E-state index in [1.807, 2.05) is 24.3 Å². The molecule has 0 unspecified atom stereocenters. The van der Waals surface area contributed by atoms with Gasteiger partial charge in [0.2, 0.25) is 0 Å². The summed E-state index contributed by atoms with van der Waals surface area (Å²) in [7, 11) is 0. The third-order valence-corrected chi connectivity index (χ3v) is 3.61. The Morgan fingerprint density at radius 3 is 2.56 bits per heavy atom. The van der Waals surface area contributed by atoms with Crippen molar-refractivity contribution in [3.05, 3.63) is 68.4 Å². The number of carbonyl (C=O) groups is 1. The van der Waals surface area contributed by atoms with Crippen molar-refractivity contribution >= 4 is 37.6 Å². The molecule has 0 radical (unpaired) electrons. The van der Waals surface area contributed by atoms with Crippen LogP contribution in [0.15, 0.2) is 51.4 Å². The SMILES string of the molecule is O=C(Cc1cccc(Br)c1)c1cccc(Br)c1F. The molecule has 0 spiro atoms. The van der Waals surface area contributed by atoms with Gasteiger partial charge >= 0.3 is 0 Å². The molecule has 4 heteroatoms. The second kappa shape index (κ2) is 5.76. The molecule has 0 saturated heterocycles. The van der Waals surface area contributed by atoms with Gasteiger partial charge in [-0.05, 0) is 45.8 Å². The molecule has 0 heterocycles. The average Bonchev–Trinajstić information content (AvgIpc) is 2.32. The number of ketones is 1. The molecule has 0 atom stereocenters. The Labute approximate surface area is 121 Å². The number of benzene rings is 2. The molecule has 0 aliphatic heterocycles. The Hall–Kier alpha value is -1.000. The van der Waals surface area contributed by atoms with Gasteiger partial charge in [-0.1, -0.05) is 34.1 Å². The van der Waals surface area contributed by atoms with Crippen LogP contribution >= 0.6 is 31.9 Å². The molecule has 0 aromatic heterocycles. The van der Waals surface area contributed by atoms with Gasteiger partial charge in [0.25, 0.3) is 0 Å². The highest BCUT2D eigenvalue weighted by Crippen LogP contribution is 2.20. The number of carbonyl (C=O) groups excluding carboxylic acids is 1. The fourth-order valence-corrected chi connectivity index (χ4v) is 2.46. The van der Waals surface area contributed by atoms with E-state index in [0.717, 1.165) is 10.0 Å². The summed E-state index contributed by atoms with van der Waals surface area (Å²) in [6, 6.07) is 12.2. The summed E-state index contributed by atoms with van der Waals surface area (Å²) < 4.78 is 15.0. The maximum Gasteiger partial charge on any atom is 0.170 e. The van der Waals surface area contributed by atoms with Gasteiger partial charge < -0.3 is 0 Å². The Morgan fingerprint density at radius 2 is 1.83 bits per heavy atom. The lowest BCUT2D eigenvalue weighted by Crippen LogP contribution is -2.06. The molecule has 2 aromatic carbocycles. The molecule has 18 heavy (non-hydrogen) atoms. The van der Waals surface area contributed by atoms with E-state index in [-0.39, 0.29) is 17.8 Å². The molecular weight excluding hydrogens is 363 g/mol. The van der Waals surface area contributed by atoms with Crippen molar-refractivity contribution in [3.8, 4) is 0 Å². The second-order valence-corrected chi connectivity index (χ2v) is 5.60. The maximum absolute atomic E-state index is 13.8. The van der Waals surface area contributed by atoms with Crippen molar-refractivity contribution in [2.45, 2.75) is 6.42 Å². The van der Waals surface area contributed by atoms with E-state index >= 15 is 0 Å². The van der Waals surface area contributed by atoms with Gasteiger partial charge in [-0.2, -0.15) is 0 Å². The molecule has 0 fully saturated rings. The summed E-state index contributed by atoms with van der Waals surface area (Å²) in [6.45, 7) is 0. The molecule has 0 aliphatic carbocycles. The molecule has 92 valence electrons. The predicted molar refractivity (Wildman–Crippen MR) is 76.3 cm³/mol. The van der Waals surface area contributed by atoms with Gasteiger partial charge in [0.1, 0.15) is 5.82 Å². The van der Waals surface area contributed by atoms with Crippen LogP contribution in [0.1, 0.15) is 15.9 Å². The van der Waals surface area contributed by atoms with Gasteiger partial charge in [0.05, 0.1) is 10.0 Å². The lowest BCUT2D eigenvalue weighted by Gasteiger charge is -2.04. The normalized spacial score (nSPS) is 10.4. The fourth-order valence-electron chi connectivity index (χ4n) is 1.65.